The number of carbonyl (C=O) groups is 3. The van der Waals surface area contributed by atoms with E-state index in [9.17, 15) is 14.4 Å². The lowest BCUT2D eigenvalue weighted by Gasteiger charge is -2.56. The Morgan fingerprint density at radius 2 is 2.03 bits per heavy atom. The van der Waals surface area contributed by atoms with Crippen LogP contribution in [0, 0.1) is 35.0 Å². The zero-order chi connectivity index (χ0) is 22.0. The molecule has 4 aliphatic carbocycles. The number of nitrogens with zero attached hydrogens (tertiary/aromatic N) is 2. The van der Waals surface area contributed by atoms with E-state index in [1.807, 2.05) is 0 Å². The van der Waals surface area contributed by atoms with Crippen LogP contribution < -0.4 is 0 Å². The SMILES string of the molecule is C[C@]12CC[C@H](OC=O)CC1=CC[C@H]1[C@@H]3CC[C@H](CCC(=O)C=[N+]=[N-])C3[C@H](OC=O)C[C@@H]12. The molecule has 0 aliphatic heterocycles. The van der Waals surface area contributed by atoms with Crippen LogP contribution in [0.25, 0.3) is 5.53 Å². The van der Waals surface area contributed by atoms with Gasteiger partial charge < -0.3 is 15.0 Å². The minimum Gasteiger partial charge on any atom is -0.464 e. The molecule has 0 aromatic heterocycles. The maximum Gasteiger partial charge on any atom is 0.323 e. The number of fused-ring (bicyclic) bond motifs is 5. The summed E-state index contributed by atoms with van der Waals surface area (Å²) in [5, 5.41) is 0. The monoisotopic (exact) mass is 428 g/mol. The summed E-state index contributed by atoms with van der Waals surface area (Å²) < 4.78 is 11.0. The molecule has 0 saturated heterocycles. The van der Waals surface area contributed by atoms with Gasteiger partial charge in [0, 0.05) is 18.8 Å². The molecule has 3 saturated carbocycles. The van der Waals surface area contributed by atoms with Gasteiger partial charge in [0.25, 0.3) is 12.9 Å². The molecule has 0 radical (unpaired) electrons. The van der Waals surface area contributed by atoms with E-state index in [1.165, 1.54) is 5.57 Å². The Kier molecular flexibility index (Phi) is 6.42. The van der Waals surface area contributed by atoms with Crippen molar-refractivity contribution in [1.82, 2.24) is 0 Å². The first-order valence-electron chi connectivity index (χ1n) is 11.6. The molecule has 4 aliphatic rings. The Morgan fingerprint density at radius 3 is 2.77 bits per heavy atom. The molecule has 0 N–H and O–H groups in total. The fraction of sp³-hybridized carbons (Fsp3) is 0.750. The van der Waals surface area contributed by atoms with Crippen molar-refractivity contribution in [1.29, 1.82) is 0 Å². The molecule has 0 heterocycles. The van der Waals surface area contributed by atoms with Crippen LogP contribution in [0.15, 0.2) is 11.6 Å². The number of hydrogen-bond acceptors (Lipinski definition) is 5. The van der Waals surface area contributed by atoms with Crippen molar-refractivity contribution in [3.8, 4) is 0 Å². The van der Waals surface area contributed by atoms with Gasteiger partial charge in [-0.2, -0.15) is 4.79 Å². The third kappa shape index (κ3) is 4.00. The fourth-order valence-electron chi connectivity index (χ4n) is 7.60. The smallest absolute Gasteiger partial charge is 0.323 e. The highest BCUT2D eigenvalue weighted by Gasteiger charge is 2.57. The molecule has 0 amide bonds. The van der Waals surface area contributed by atoms with Gasteiger partial charge in [-0.1, -0.05) is 18.6 Å². The molecular weight excluding hydrogens is 396 g/mol. The van der Waals surface area contributed by atoms with Crippen LogP contribution in [0.2, 0.25) is 0 Å². The van der Waals surface area contributed by atoms with Crippen LogP contribution in [0.3, 0.4) is 0 Å². The molecule has 31 heavy (non-hydrogen) atoms. The van der Waals surface area contributed by atoms with Gasteiger partial charge >= 0.3 is 6.21 Å². The number of allylic oxidation sites excluding steroid dienone is 1. The average molecular weight is 429 g/mol. The van der Waals surface area contributed by atoms with Crippen molar-refractivity contribution in [2.45, 2.75) is 76.9 Å². The van der Waals surface area contributed by atoms with Gasteiger partial charge in [0.05, 0.1) is 0 Å². The van der Waals surface area contributed by atoms with Gasteiger partial charge in [-0.3, -0.25) is 14.4 Å². The van der Waals surface area contributed by atoms with Gasteiger partial charge in [0.2, 0.25) is 5.78 Å². The second-order valence-corrected chi connectivity index (χ2v) is 10.1. The van der Waals surface area contributed by atoms with Gasteiger partial charge in [0.1, 0.15) is 12.2 Å². The molecule has 1 unspecified atom stereocenters. The summed E-state index contributed by atoms with van der Waals surface area (Å²) in [6, 6.07) is 0. The third-order valence-corrected chi connectivity index (χ3v) is 8.96. The summed E-state index contributed by atoms with van der Waals surface area (Å²) in [5.41, 5.74) is 10.0. The van der Waals surface area contributed by atoms with Crippen LogP contribution in [0.5, 0.6) is 0 Å². The molecule has 0 spiro atoms. The normalized spacial score (nSPS) is 40.8. The first kappa shape index (κ1) is 21.9. The van der Waals surface area contributed by atoms with Crippen LogP contribution in [-0.4, -0.2) is 41.9 Å². The number of rotatable bonds is 8. The van der Waals surface area contributed by atoms with Crippen LogP contribution in [0.1, 0.15) is 64.7 Å². The van der Waals surface area contributed by atoms with E-state index in [0.29, 0.717) is 49.0 Å². The molecule has 0 bridgehead atoms. The van der Waals surface area contributed by atoms with E-state index in [1.54, 1.807) is 0 Å². The lowest BCUT2D eigenvalue weighted by atomic mass is 9.49. The maximum absolute atomic E-state index is 11.8. The summed E-state index contributed by atoms with van der Waals surface area (Å²) in [6.45, 7) is 3.51. The van der Waals surface area contributed by atoms with E-state index >= 15 is 0 Å². The highest BCUT2D eigenvalue weighted by molar-refractivity contribution is 6.25. The number of Topliss-reactive ketones (excluding diaryl/α,β-unsaturated/α-hetero) is 1. The van der Waals surface area contributed by atoms with Crippen LogP contribution >= 0.6 is 0 Å². The predicted octanol–water partition coefficient (Wildman–Crippen LogP) is 3.52. The Labute approximate surface area is 183 Å². The molecule has 0 aromatic rings. The molecule has 3 fully saturated rings. The molecule has 4 rings (SSSR count). The fourth-order valence-corrected chi connectivity index (χ4v) is 7.60. The molecule has 168 valence electrons. The zero-order valence-corrected chi connectivity index (χ0v) is 18.2. The standard InChI is InChI=1S/C24H32N2O5/c1-24-9-8-18(30-13-27)10-16(24)4-7-19-20-6-3-15(2-5-17(29)12-26-25)23(20)22(31-14-28)11-21(19)24/h4,12-15,18-23H,2-3,5-11H2,1H3/t15-,18-,19-,20-,21-,22+,23?,24-/m0/s1. The van der Waals surface area contributed by atoms with Crippen LogP contribution in [-0.2, 0) is 23.9 Å². The zero-order valence-electron chi connectivity index (χ0n) is 18.2. The van der Waals surface area contributed by atoms with Crippen molar-refractivity contribution in [3.05, 3.63) is 17.2 Å². The largest absolute Gasteiger partial charge is 0.464 e. The highest BCUT2D eigenvalue weighted by Crippen LogP contribution is 2.63. The predicted molar refractivity (Wildman–Crippen MR) is 112 cm³/mol. The van der Waals surface area contributed by atoms with E-state index in [0.717, 1.165) is 57.6 Å². The molecule has 8 atom stereocenters. The molecule has 7 heteroatoms. The second kappa shape index (κ2) is 9.07. The quantitative estimate of drug-likeness (QED) is 0.193. The topological polar surface area (TPSA) is 106 Å². The van der Waals surface area contributed by atoms with Gasteiger partial charge in [-0.15, -0.1) is 0 Å². The Bertz CT molecular complexity index is 804. The van der Waals surface area contributed by atoms with E-state index in [2.05, 4.69) is 17.8 Å². The van der Waals surface area contributed by atoms with Crippen molar-refractivity contribution >= 4 is 24.9 Å². The van der Waals surface area contributed by atoms with Crippen molar-refractivity contribution in [2.24, 2.45) is 35.0 Å². The highest BCUT2D eigenvalue weighted by atomic mass is 16.5. The first-order chi connectivity index (χ1) is 15.0. The number of carbonyl (C=O) groups excluding carboxylic acids is 3. The Morgan fingerprint density at radius 1 is 1.23 bits per heavy atom. The molecule has 0 aromatic carbocycles. The van der Waals surface area contributed by atoms with E-state index in [4.69, 9.17) is 15.0 Å². The second-order valence-electron chi connectivity index (χ2n) is 10.1. The van der Waals surface area contributed by atoms with Crippen molar-refractivity contribution in [2.75, 3.05) is 0 Å². The summed E-state index contributed by atoms with van der Waals surface area (Å²) in [7, 11) is 0. The summed E-state index contributed by atoms with van der Waals surface area (Å²) in [4.78, 5) is 36.9. The average Bonchev–Trinajstić information content (AvgIpc) is 3.18. The van der Waals surface area contributed by atoms with Gasteiger partial charge in [-0.05, 0) is 74.0 Å². The lowest BCUT2D eigenvalue weighted by molar-refractivity contribution is -0.149. The summed E-state index contributed by atoms with van der Waals surface area (Å²) in [6.07, 6.45) is 11.0. The molecule has 7 nitrogen and oxygen atoms in total. The summed E-state index contributed by atoms with van der Waals surface area (Å²) in [5.74, 6) is 1.99. The maximum atomic E-state index is 11.8. The summed E-state index contributed by atoms with van der Waals surface area (Å²) >= 11 is 0. The Balaban J connectivity index is 1.55. The van der Waals surface area contributed by atoms with E-state index in [-0.39, 0.29) is 23.4 Å². The first-order valence-corrected chi connectivity index (χ1v) is 11.6. The molecular formula is C24H32N2O5. The van der Waals surface area contributed by atoms with Gasteiger partial charge in [-0.25, -0.2) is 0 Å². The minimum absolute atomic E-state index is 0.0254. The van der Waals surface area contributed by atoms with Gasteiger partial charge in [0.15, 0.2) is 0 Å². The van der Waals surface area contributed by atoms with Crippen molar-refractivity contribution < 1.29 is 28.6 Å². The van der Waals surface area contributed by atoms with Crippen LogP contribution in [0.4, 0.5) is 0 Å². The van der Waals surface area contributed by atoms with E-state index < -0.39 is 0 Å². The number of hydrogen-bond donors (Lipinski definition) is 0. The third-order valence-electron chi connectivity index (χ3n) is 8.96. The lowest BCUT2D eigenvalue weighted by Crippen LogP contribution is -2.52. The minimum atomic E-state index is -0.167. The number of ketones is 1. The number of ether oxygens (including phenoxy) is 2. The Hall–Kier alpha value is -2.27. The van der Waals surface area contributed by atoms with Crippen molar-refractivity contribution in [3.63, 3.8) is 0 Å².